The second-order valence-corrected chi connectivity index (χ2v) is 6.79. The molecule has 0 saturated carbocycles. The Morgan fingerprint density at radius 1 is 1.22 bits per heavy atom. The predicted octanol–water partition coefficient (Wildman–Crippen LogP) is 5.67. The van der Waals surface area contributed by atoms with E-state index in [2.05, 4.69) is 12.2 Å². The number of aryl methyl sites for hydroxylation is 1. The van der Waals surface area contributed by atoms with Crippen molar-refractivity contribution in [2.75, 3.05) is 10.2 Å². The summed E-state index contributed by atoms with van der Waals surface area (Å²) in [4.78, 5) is 2.02. The van der Waals surface area contributed by atoms with Crippen LogP contribution in [0, 0.1) is 5.82 Å². The molecule has 2 aromatic carbocycles. The van der Waals surface area contributed by atoms with Crippen LogP contribution in [-0.4, -0.2) is 11.2 Å². The molecule has 0 spiro atoms. The topological polar surface area (TPSA) is 15.3 Å². The van der Waals surface area contributed by atoms with Crippen molar-refractivity contribution in [1.29, 1.82) is 0 Å². The van der Waals surface area contributed by atoms with E-state index >= 15 is 0 Å². The Morgan fingerprint density at radius 2 is 2.00 bits per heavy atom. The van der Waals surface area contributed by atoms with Gasteiger partial charge in [0.2, 0.25) is 0 Å². The summed E-state index contributed by atoms with van der Waals surface area (Å²) < 4.78 is 13.5. The molecule has 0 bridgehead atoms. The van der Waals surface area contributed by atoms with E-state index in [1.165, 1.54) is 6.07 Å². The molecule has 1 N–H and O–H groups in total. The van der Waals surface area contributed by atoms with Crippen molar-refractivity contribution < 1.29 is 4.39 Å². The average molecular weight is 369 g/mol. The van der Waals surface area contributed by atoms with E-state index in [-0.39, 0.29) is 11.9 Å². The second-order valence-electron chi connectivity index (χ2n) is 5.59. The van der Waals surface area contributed by atoms with Crippen LogP contribution in [0.15, 0.2) is 36.4 Å². The van der Waals surface area contributed by atoms with Crippen LogP contribution < -0.4 is 10.2 Å². The molecule has 0 amide bonds. The molecule has 1 heterocycles. The van der Waals surface area contributed by atoms with Crippen molar-refractivity contribution in [2.24, 2.45) is 0 Å². The molecule has 1 aliphatic rings. The maximum atomic E-state index is 13.5. The van der Waals surface area contributed by atoms with Crippen molar-refractivity contribution in [2.45, 2.75) is 25.8 Å². The van der Waals surface area contributed by atoms with Gasteiger partial charge in [0.05, 0.1) is 10.0 Å². The van der Waals surface area contributed by atoms with Crippen molar-refractivity contribution >= 4 is 51.9 Å². The lowest BCUT2D eigenvalue weighted by atomic mass is 9.97. The molecule has 120 valence electrons. The minimum Gasteiger partial charge on any atom is -0.332 e. The Labute approximate surface area is 150 Å². The largest absolute Gasteiger partial charge is 0.332 e. The third-order valence-electron chi connectivity index (χ3n) is 3.96. The van der Waals surface area contributed by atoms with Gasteiger partial charge in [-0.1, -0.05) is 23.2 Å². The highest BCUT2D eigenvalue weighted by Gasteiger charge is 2.26. The van der Waals surface area contributed by atoms with Gasteiger partial charge in [0.15, 0.2) is 5.11 Å². The van der Waals surface area contributed by atoms with Crippen LogP contribution in [0.2, 0.25) is 10.0 Å². The zero-order chi connectivity index (χ0) is 16.6. The van der Waals surface area contributed by atoms with Crippen LogP contribution in [0.5, 0.6) is 0 Å². The van der Waals surface area contributed by atoms with Crippen molar-refractivity contribution in [3.63, 3.8) is 0 Å². The van der Waals surface area contributed by atoms with Gasteiger partial charge in [0.1, 0.15) is 5.82 Å². The Kier molecular flexibility index (Phi) is 4.76. The number of benzene rings is 2. The van der Waals surface area contributed by atoms with Crippen molar-refractivity contribution in [1.82, 2.24) is 0 Å². The Bertz CT molecular complexity index is 766. The highest BCUT2D eigenvalue weighted by atomic mass is 35.5. The lowest BCUT2D eigenvalue weighted by Gasteiger charge is -2.37. The monoisotopic (exact) mass is 368 g/mol. The molecule has 3 rings (SSSR count). The van der Waals surface area contributed by atoms with E-state index in [1.807, 2.05) is 11.0 Å². The summed E-state index contributed by atoms with van der Waals surface area (Å²) in [5.74, 6) is -0.221. The number of nitrogens with one attached hydrogen (secondary N) is 1. The highest BCUT2D eigenvalue weighted by Crippen LogP contribution is 2.32. The number of rotatable bonds is 1. The number of anilines is 2. The normalized spacial score (nSPS) is 16.9. The summed E-state index contributed by atoms with van der Waals surface area (Å²) in [7, 11) is 0. The molecule has 0 aliphatic carbocycles. The van der Waals surface area contributed by atoms with Crippen LogP contribution in [0.25, 0.3) is 0 Å². The highest BCUT2D eigenvalue weighted by molar-refractivity contribution is 7.80. The van der Waals surface area contributed by atoms with Gasteiger partial charge in [-0.25, -0.2) is 4.39 Å². The lowest BCUT2D eigenvalue weighted by Crippen LogP contribution is -2.44. The van der Waals surface area contributed by atoms with Crippen LogP contribution in [0.1, 0.15) is 18.9 Å². The van der Waals surface area contributed by atoms with Gasteiger partial charge >= 0.3 is 0 Å². The van der Waals surface area contributed by atoms with Gasteiger partial charge < -0.3 is 10.2 Å². The number of halogens is 3. The smallest absolute Gasteiger partial charge is 0.178 e. The Morgan fingerprint density at radius 3 is 2.74 bits per heavy atom. The maximum Gasteiger partial charge on any atom is 0.178 e. The summed E-state index contributed by atoms with van der Waals surface area (Å²) in [6, 6.07) is 10.3. The molecule has 23 heavy (non-hydrogen) atoms. The first-order valence-electron chi connectivity index (χ1n) is 7.29. The molecule has 2 aromatic rings. The lowest BCUT2D eigenvalue weighted by molar-refractivity contribution is 0.604. The molecule has 1 atom stereocenters. The van der Waals surface area contributed by atoms with E-state index in [0.717, 1.165) is 29.8 Å². The zero-order valence-corrected chi connectivity index (χ0v) is 14.8. The fourth-order valence-corrected chi connectivity index (χ4v) is 3.48. The average Bonchev–Trinajstić information content (AvgIpc) is 2.51. The SMILES string of the molecule is CC1CCc2cc(F)ccc2N1C(=S)Nc1ccc(Cl)c(Cl)c1. The number of hydrogen-bond donors (Lipinski definition) is 1. The first kappa shape index (κ1) is 16.5. The number of thiocarbonyl (C=S) groups is 1. The minimum absolute atomic E-state index is 0.221. The molecule has 1 unspecified atom stereocenters. The van der Waals surface area contributed by atoms with E-state index in [0.29, 0.717) is 15.2 Å². The van der Waals surface area contributed by atoms with E-state index in [9.17, 15) is 4.39 Å². The predicted molar refractivity (Wildman–Crippen MR) is 99.3 cm³/mol. The fraction of sp³-hybridized carbons (Fsp3) is 0.235. The molecule has 0 aromatic heterocycles. The minimum atomic E-state index is -0.221. The third-order valence-corrected chi connectivity index (χ3v) is 5.00. The van der Waals surface area contributed by atoms with Crippen LogP contribution in [0.3, 0.4) is 0 Å². The molecule has 0 radical (unpaired) electrons. The van der Waals surface area contributed by atoms with Crippen LogP contribution >= 0.6 is 35.4 Å². The van der Waals surface area contributed by atoms with Crippen LogP contribution in [0.4, 0.5) is 15.8 Å². The molecule has 1 aliphatic heterocycles. The van der Waals surface area contributed by atoms with Crippen molar-refractivity contribution in [3.8, 4) is 0 Å². The quantitative estimate of drug-likeness (QED) is 0.652. The van der Waals surface area contributed by atoms with E-state index in [1.54, 1.807) is 24.3 Å². The molecule has 0 saturated heterocycles. The summed E-state index contributed by atoms with van der Waals surface area (Å²) >= 11 is 17.5. The Hall–Kier alpha value is -1.36. The van der Waals surface area contributed by atoms with Gasteiger partial charge in [-0.15, -0.1) is 0 Å². The molecule has 0 fully saturated rings. The molecule has 6 heteroatoms. The third kappa shape index (κ3) is 3.44. The van der Waals surface area contributed by atoms with Crippen LogP contribution in [-0.2, 0) is 6.42 Å². The van der Waals surface area contributed by atoms with Gasteiger partial charge in [0, 0.05) is 17.4 Å². The van der Waals surface area contributed by atoms with Gasteiger partial charge in [-0.05, 0) is 73.9 Å². The summed E-state index contributed by atoms with van der Waals surface area (Å²) in [6.45, 7) is 2.11. The summed E-state index contributed by atoms with van der Waals surface area (Å²) in [6.07, 6.45) is 1.76. The Balaban J connectivity index is 1.88. The summed E-state index contributed by atoms with van der Waals surface area (Å²) in [5, 5.41) is 4.71. The zero-order valence-electron chi connectivity index (χ0n) is 12.4. The van der Waals surface area contributed by atoms with Gasteiger partial charge in [-0.2, -0.15) is 0 Å². The standard InChI is InChI=1S/C17H15Cl2FN2S/c1-10-2-3-11-8-12(20)4-7-16(11)22(10)17(23)21-13-5-6-14(18)15(19)9-13/h4-10H,2-3H2,1H3,(H,21,23). The molecular weight excluding hydrogens is 354 g/mol. The fourth-order valence-electron chi connectivity index (χ4n) is 2.79. The first-order valence-corrected chi connectivity index (χ1v) is 8.46. The molecular formula is C17H15Cl2FN2S. The van der Waals surface area contributed by atoms with E-state index < -0.39 is 0 Å². The van der Waals surface area contributed by atoms with Crippen molar-refractivity contribution in [3.05, 3.63) is 57.8 Å². The molecule has 2 nitrogen and oxygen atoms in total. The number of fused-ring (bicyclic) bond motifs is 1. The summed E-state index contributed by atoms with van der Waals surface area (Å²) in [5.41, 5.74) is 2.69. The van der Waals surface area contributed by atoms with Gasteiger partial charge in [0.25, 0.3) is 0 Å². The van der Waals surface area contributed by atoms with E-state index in [4.69, 9.17) is 35.4 Å². The number of nitrogens with zero attached hydrogens (tertiary/aromatic N) is 1. The van der Waals surface area contributed by atoms with Gasteiger partial charge in [-0.3, -0.25) is 0 Å². The number of hydrogen-bond acceptors (Lipinski definition) is 1. The maximum absolute atomic E-state index is 13.5. The second kappa shape index (κ2) is 6.63. The first-order chi connectivity index (χ1) is 11.0.